The van der Waals surface area contributed by atoms with E-state index in [1.54, 1.807) is 31.2 Å². The molecule has 1 N–H and O–H groups in total. The van der Waals surface area contributed by atoms with Crippen LogP contribution in [0, 0.1) is 6.92 Å². The van der Waals surface area contributed by atoms with Gasteiger partial charge in [-0.3, -0.25) is 9.59 Å². The van der Waals surface area contributed by atoms with Crippen LogP contribution in [-0.4, -0.2) is 27.1 Å². The first-order valence-corrected chi connectivity index (χ1v) is 9.29. The van der Waals surface area contributed by atoms with Crippen molar-refractivity contribution in [1.29, 1.82) is 0 Å². The molecule has 3 aromatic rings. The van der Waals surface area contributed by atoms with Crippen molar-refractivity contribution in [2.45, 2.75) is 31.2 Å². The van der Waals surface area contributed by atoms with E-state index in [9.17, 15) is 9.59 Å². The van der Waals surface area contributed by atoms with Gasteiger partial charge < -0.3 is 9.73 Å². The van der Waals surface area contributed by atoms with E-state index in [0.717, 1.165) is 11.1 Å². The number of amides is 1. The van der Waals surface area contributed by atoms with Crippen molar-refractivity contribution in [3.8, 4) is 11.5 Å². The van der Waals surface area contributed by atoms with Gasteiger partial charge in [0.1, 0.15) is 0 Å². The summed E-state index contributed by atoms with van der Waals surface area (Å²) < 4.78 is 5.66. The van der Waals surface area contributed by atoms with E-state index in [0.29, 0.717) is 22.4 Å². The quantitative estimate of drug-likeness (QED) is 0.504. The fourth-order valence-electron chi connectivity index (χ4n) is 2.39. The predicted molar refractivity (Wildman–Crippen MR) is 105 cm³/mol. The summed E-state index contributed by atoms with van der Waals surface area (Å²) in [6.45, 7) is 5.26. The summed E-state index contributed by atoms with van der Waals surface area (Å²) in [5, 5.41) is 10.8. The Morgan fingerprint density at radius 1 is 1.11 bits per heavy atom. The Hall–Kier alpha value is -2.93. The molecule has 0 fully saturated rings. The van der Waals surface area contributed by atoms with Crippen molar-refractivity contribution in [3.63, 3.8) is 0 Å². The van der Waals surface area contributed by atoms with Crippen LogP contribution in [0.3, 0.4) is 0 Å². The van der Waals surface area contributed by atoms with E-state index in [-0.39, 0.29) is 11.7 Å². The van der Waals surface area contributed by atoms with Crippen LogP contribution in [0.4, 0.5) is 5.69 Å². The molecule has 2 aromatic carbocycles. The fraction of sp³-hybridized carbons (Fsp3) is 0.200. The number of ketones is 1. The number of benzene rings is 2. The molecule has 0 aliphatic heterocycles. The number of nitrogens with zero attached hydrogens (tertiary/aromatic N) is 2. The van der Waals surface area contributed by atoms with Gasteiger partial charge in [-0.15, -0.1) is 10.2 Å². The number of rotatable bonds is 6. The van der Waals surface area contributed by atoms with Crippen molar-refractivity contribution < 1.29 is 14.0 Å². The molecule has 1 amide bonds. The predicted octanol–water partition coefficient (Wildman–Crippen LogP) is 4.37. The maximum absolute atomic E-state index is 12.4. The number of anilines is 1. The van der Waals surface area contributed by atoms with Gasteiger partial charge in [0.2, 0.25) is 11.8 Å². The second kappa shape index (κ2) is 8.18. The van der Waals surface area contributed by atoms with Gasteiger partial charge in [0.05, 0.1) is 5.25 Å². The van der Waals surface area contributed by atoms with Crippen molar-refractivity contribution in [1.82, 2.24) is 10.2 Å². The maximum atomic E-state index is 12.4. The number of aryl methyl sites for hydroxylation is 1. The third-order valence-corrected chi connectivity index (χ3v) is 4.81. The highest BCUT2D eigenvalue weighted by Crippen LogP contribution is 2.27. The van der Waals surface area contributed by atoms with E-state index in [2.05, 4.69) is 15.5 Å². The van der Waals surface area contributed by atoms with E-state index >= 15 is 0 Å². The average Bonchev–Trinajstić information content (AvgIpc) is 3.10. The molecule has 3 rings (SSSR count). The van der Waals surface area contributed by atoms with Gasteiger partial charge in [-0.2, -0.15) is 0 Å². The molecule has 1 atom stereocenters. The van der Waals surface area contributed by atoms with Gasteiger partial charge >= 0.3 is 0 Å². The molecule has 0 aliphatic carbocycles. The molecule has 6 nitrogen and oxygen atoms in total. The number of Topliss-reactive ketones (excluding diaryl/α,β-unsaturated/α-hetero) is 1. The number of hydrogen-bond acceptors (Lipinski definition) is 6. The molecule has 7 heteroatoms. The van der Waals surface area contributed by atoms with E-state index in [1.807, 2.05) is 31.2 Å². The van der Waals surface area contributed by atoms with Crippen molar-refractivity contribution in [3.05, 3.63) is 59.7 Å². The first-order valence-electron chi connectivity index (χ1n) is 8.41. The normalized spacial score (nSPS) is 11.8. The van der Waals surface area contributed by atoms with E-state index in [1.165, 1.54) is 18.7 Å². The van der Waals surface area contributed by atoms with Crippen molar-refractivity contribution >= 4 is 29.1 Å². The van der Waals surface area contributed by atoms with Crippen LogP contribution in [0.15, 0.2) is 58.2 Å². The molecule has 0 spiro atoms. The standard InChI is InChI=1S/C20H19N3O3S/c1-12-5-4-6-16(11-12)19-22-23-20(26-19)27-14(3)18(25)21-17-9-7-15(8-10-17)13(2)24/h4-11,14H,1-3H3,(H,21,25)/t14-/m0/s1. The Bertz CT molecular complexity index is 967. The average molecular weight is 381 g/mol. The van der Waals surface area contributed by atoms with E-state index in [4.69, 9.17) is 4.42 Å². The minimum Gasteiger partial charge on any atom is -0.411 e. The summed E-state index contributed by atoms with van der Waals surface area (Å²) in [4.78, 5) is 23.7. The van der Waals surface area contributed by atoms with E-state index < -0.39 is 5.25 Å². The molecule has 0 aliphatic rings. The monoisotopic (exact) mass is 381 g/mol. The fourth-order valence-corrected chi connectivity index (χ4v) is 3.07. The lowest BCUT2D eigenvalue weighted by Gasteiger charge is -2.10. The first-order chi connectivity index (χ1) is 12.9. The van der Waals surface area contributed by atoms with Gasteiger partial charge in [-0.05, 0) is 57.2 Å². The second-order valence-electron chi connectivity index (χ2n) is 6.13. The minimum atomic E-state index is -0.428. The summed E-state index contributed by atoms with van der Waals surface area (Å²) in [7, 11) is 0. The summed E-state index contributed by atoms with van der Waals surface area (Å²) in [5.41, 5.74) is 3.17. The Morgan fingerprint density at radius 3 is 2.52 bits per heavy atom. The lowest BCUT2D eigenvalue weighted by molar-refractivity contribution is -0.115. The SMILES string of the molecule is CC(=O)c1ccc(NC(=O)[C@H](C)Sc2nnc(-c3cccc(C)c3)o2)cc1. The second-order valence-corrected chi connectivity index (χ2v) is 7.42. The largest absolute Gasteiger partial charge is 0.411 e. The highest BCUT2D eigenvalue weighted by molar-refractivity contribution is 8.00. The molecule has 27 heavy (non-hydrogen) atoms. The van der Waals surface area contributed by atoms with Crippen LogP contribution < -0.4 is 5.32 Å². The third-order valence-electron chi connectivity index (χ3n) is 3.88. The topological polar surface area (TPSA) is 85.1 Å². The van der Waals surface area contributed by atoms with Crippen LogP contribution in [0.5, 0.6) is 0 Å². The molecule has 0 saturated carbocycles. The Kier molecular flexibility index (Phi) is 5.71. The lowest BCUT2D eigenvalue weighted by atomic mass is 10.1. The number of aromatic nitrogens is 2. The Morgan fingerprint density at radius 2 is 1.85 bits per heavy atom. The Balaban J connectivity index is 1.62. The van der Waals surface area contributed by atoms with Crippen LogP contribution in [-0.2, 0) is 4.79 Å². The smallest absolute Gasteiger partial charge is 0.277 e. The zero-order valence-corrected chi connectivity index (χ0v) is 16.0. The van der Waals surface area contributed by atoms with Crippen LogP contribution in [0.25, 0.3) is 11.5 Å². The number of thioether (sulfide) groups is 1. The molecule has 0 unspecified atom stereocenters. The van der Waals surface area contributed by atoms with Crippen molar-refractivity contribution in [2.75, 3.05) is 5.32 Å². The van der Waals surface area contributed by atoms with Gasteiger partial charge in [-0.1, -0.05) is 29.5 Å². The zero-order chi connectivity index (χ0) is 19.4. The number of carbonyl (C=O) groups excluding carboxylic acids is 2. The molecule has 0 radical (unpaired) electrons. The molecule has 1 aromatic heterocycles. The maximum Gasteiger partial charge on any atom is 0.277 e. The number of hydrogen-bond donors (Lipinski definition) is 1. The van der Waals surface area contributed by atoms with Crippen LogP contribution in [0.1, 0.15) is 29.8 Å². The highest BCUT2D eigenvalue weighted by Gasteiger charge is 2.19. The molecule has 0 bridgehead atoms. The number of carbonyl (C=O) groups is 2. The zero-order valence-electron chi connectivity index (χ0n) is 15.2. The summed E-state index contributed by atoms with van der Waals surface area (Å²) in [6, 6.07) is 14.5. The lowest BCUT2D eigenvalue weighted by Crippen LogP contribution is -2.22. The molecular formula is C20H19N3O3S. The summed E-state index contributed by atoms with van der Waals surface area (Å²) in [5.74, 6) is 0.220. The Labute approximate surface area is 161 Å². The van der Waals surface area contributed by atoms with Crippen LogP contribution in [0.2, 0.25) is 0 Å². The number of nitrogens with one attached hydrogen (secondary N) is 1. The summed E-state index contributed by atoms with van der Waals surface area (Å²) >= 11 is 1.19. The third kappa shape index (κ3) is 4.83. The van der Waals surface area contributed by atoms with Crippen molar-refractivity contribution in [2.24, 2.45) is 0 Å². The van der Waals surface area contributed by atoms with Crippen LogP contribution >= 0.6 is 11.8 Å². The highest BCUT2D eigenvalue weighted by atomic mass is 32.2. The molecular weight excluding hydrogens is 362 g/mol. The van der Waals surface area contributed by atoms with Gasteiger partial charge in [0, 0.05) is 16.8 Å². The first kappa shape index (κ1) is 18.8. The molecule has 1 heterocycles. The minimum absolute atomic E-state index is 0.0161. The van der Waals surface area contributed by atoms with Gasteiger partial charge in [0.15, 0.2) is 5.78 Å². The molecule has 138 valence electrons. The summed E-state index contributed by atoms with van der Waals surface area (Å²) in [6.07, 6.45) is 0. The van der Waals surface area contributed by atoms with Gasteiger partial charge in [0.25, 0.3) is 5.22 Å². The molecule has 0 saturated heterocycles. The van der Waals surface area contributed by atoms with Gasteiger partial charge in [-0.25, -0.2) is 0 Å².